The Labute approximate surface area is 175 Å². The van der Waals surface area contributed by atoms with Crippen LogP contribution in [0, 0.1) is 11.6 Å². The van der Waals surface area contributed by atoms with Crippen LogP contribution in [0.3, 0.4) is 0 Å². The molecule has 2 aromatic rings. The van der Waals surface area contributed by atoms with Crippen LogP contribution in [-0.2, 0) is 20.7 Å². The minimum absolute atomic E-state index is 0.139. The summed E-state index contributed by atoms with van der Waals surface area (Å²) in [5.74, 6) is -3.02. The number of hydrogen-bond acceptors (Lipinski definition) is 3. The van der Waals surface area contributed by atoms with Crippen LogP contribution in [-0.4, -0.2) is 22.8 Å². The van der Waals surface area contributed by atoms with Gasteiger partial charge in [-0.25, -0.2) is 8.78 Å². The molecule has 5 heteroatoms. The lowest BCUT2D eigenvalue weighted by molar-refractivity contribution is -0.190. The number of hydrogen-bond donors (Lipinski definition) is 0. The summed E-state index contributed by atoms with van der Waals surface area (Å²) in [6, 6.07) is 9.21. The van der Waals surface area contributed by atoms with E-state index >= 15 is 0 Å². The summed E-state index contributed by atoms with van der Waals surface area (Å²) in [6.45, 7) is 5.45. The molecule has 0 N–H and O–H groups in total. The van der Waals surface area contributed by atoms with E-state index in [0.29, 0.717) is 30.4 Å². The molecule has 0 bridgehead atoms. The third-order valence-electron chi connectivity index (χ3n) is 6.52. The van der Waals surface area contributed by atoms with Gasteiger partial charge in [-0.1, -0.05) is 31.2 Å². The molecule has 3 nitrogen and oxygen atoms in total. The molecule has 1 aliphatic heterocycles. The molecule has 0 amide bonds. The Morgan fingerprint density at radius 1 is 0.933 bits per heavy atom. The van der Waals surface area contributed by atoms with Crippen molar-refractivity contribution in [2.75, 3.05) is 0 Å². The molecule has 30 heavy (non-hydrogen) atoms. The summed E-state index contributed by atoms with van der Waals surface area (Å²) in [4.78, 5) is 26.8. The van der Waals surface area contributed by atoms with Gasteiger partial charge in [-0.3, -0.25) is 9.59 Å². The molecule has 1 saturated heterocycles. The molecule has 0 radical (unpaired) electrons. The fourth-order valence-electron chi connectivity index (χ4n) is 4.94. The molecule has 0 aromatic heterocycles. The topological polar surface area (TPSA) is 43.4 Å². The molecule has 2 aromatic carbocycles. The third-order valence-corrected chi connectivity index (χ3v) is 6.52. The van der Waals surface area contributed by atoms with Gasteiger partial charge in [-0.05, 0) is 80.3 Å². The van der Waals surface area contributed by atoms with E-state index in [1.807, 2.05) is 13.0 Å². The maximum absolute atomic E-state index is 13.7. The van der Waals surface area contributed by atoms with E-state index in [-0.39, 0.29) is 11.6 Å². The Morgan fingerprint density at radius 2 is 1.57 bits per heavy atom. The van der Waals surface area contributed by atoms with Gasteiger partial charge < -0.3 is 4.74 Å². The zero-order chi connectivity index (χ0) is 21.7. The van der Waals surface area contributed by atoms with E-state index in [2.05, 4.69) is 0 Å². The second-order valence-electron chi connectivity index (χ2n) is 8.87. The van der Waals surface area contributed by atoms with Gasteiger partial charge in [0.25, 0.3) is 0 Å². The third kappa shape index (κ3) is 3.29. The minimum Gasteiger partial charge on any atom is -0.353 e. The molecule has 1 aliphatic carbocycles. The van der Waals surface area contributed by atoms with Crippen molar-refractivity contribution in [1.29, 1.82) is 0 Å². The number of rotatable bonds is 3. The summed E-state index contributed by atoms with van der Waals surface area (Å²) < 4.78 is 33.1. The smallest absolute Gasteiger partial charge is 0.179 e. The number of ketones is 2. The zero-order valence-electron chi connectivity index (χ0n) is 17.6. The van der Waals surface area contributed by atoms with Crippen molar-refractivity contribution in [1.82, 2.24) is 0 Å². The lowest BCUT2D eigenvalue weighted by Crippen LogP contribution is -2.59. The molecular formula is C25H26F2O3. The first-order valence-corrected chi connectivity index (χ1v) is 10.6. The molecule has 1 atom stereocenters. The highest BCUT2D eigenvalue weighted by Gasteiger charge is 2.58. The van der Waals surface area contributed by atoms with Gasteiger partial charge in [0.15, 0.2) is 23.2 Å². The van der Waals surface area contributed by atoms with Crippen molar-refractivity contribution >= 4 is 11.6 Å². The second-order valence-corrected chi connectivity index (χ2v) is 8.87. The van der Waals surface area contributed by atoms with Crippen LogP contribution in [0.25, 0.3) is 11.1 Å². The van der Waals surface area contributed by atoms with Crippen molar-refractivity contribution in [3.05, 3.63) is 59.2 Å². The molecule has 1 heterocycles. The number of Topliss-reactive ketones (excluding diaryl/α,β-unsaturated/α-hetero) is 2. The van der Waals surface area contributed by atoms with Crippen molar-refractivity contribution in [3.8, 4) is 11.1 Å². The van der Waals surface area contributed by atoms with Gasteiger partial charge in [0.1, 0.15) is 17.1 Å². The molecule has 2 aliphatic rings. The van der Waals surface area contributed by atoms with Gasteiger partial charge in [0.05, 0.1) is 0 Å². The zero-order valence-corrected chi connectivity index (χ0v) is 17.6. The minimum atomic E-state index is -1.04. The first-order valence-electron chi connectivity index (χ1n) is 10.6. The second kappa shape index (κ2) is 7.38. The highest BCUT2D eigenvalue weighted by atomic mass is 19.2. The summed E-state index contributed by atoms with van der Waals surface area (Å²) in [7, 11) is 0. The van der Waals surface area contributed by atoms with Crippen LogP contribution in [0.5, 0.6) is 0 Å². The summed E-state index contributed by atoms with van der Waals surface area (Å²) >= 11 is 0. The van der Waals surface area contributed by atoms with Crippen LogP contribution < -0.4 is 0 Å². The first-order chi connectivity index (χ1) is 14.2. The van der Waals surface area contributed by atoms with Crippen molar-refractivity contribution in [2.24, 2.45) is 0 Å². The largest absolute Gasteiger partial charge is 0.353 e. The van der Waals surface area contributed by atoms with Crippen molar-refractivity contribution < 1.29 is 23.1 Å². The van der Waals surface area contributed by atoms with E-state index in [1.54, 1.807) is 26.0 Å². The highest BCUT2D eigenvalue weighted by Crippen LogP contribution is 2.47. The quantitative estimate of drug-likeness (QED) is 0.622. The molecule has 158 valence electrons. The van der Waals surface area contributed by atoms with E-state index in [9.17, 15) is 18.4 Å². The molecule has 1 unspecified atom stereocenters. The summed E-state index contributed by atoms with van der Waals surface area (Å²) in [5, 5.41) is 0. The number of halogens is 2. The van der Waals surface area contributed by atoms with Crippen molar-refractivity contribution in [2.45, 2.75) is 70.0 Å². The number of carbonyl (C=O) groups is 2. The van der Waals surface area contributed by atoms with Crippen molar-refractivity contribution in [3.63, 3.8) is 0 Å². The average molecular weight is 412 g/mol. The lowest BCUT2D eigenvalue weighted by atomic mass is 9.72. The van der Waals surface area contributed by atoms with E-state index in [4.69, 9.17) is 4.74 Å². The van der Waals surface area contributed by atoms with Crippen LogP contribution in [0.4, 0.5) is 8.78 Å². The van der Waals surface area contributed by atoms with Crippen LogP contribution in [0.2, 0.25) is 0 Å². The van der Waals surface area contributed by atoms with Crippen LogP contribution in [0.1, 0.15) is 63.5 Å². The molecule has 2 fully saturated rings. The van der Waals surface area contributed by atoms with Gasteiger partial charge >= 0.3 is 0 Å². The standard InChI is InChI=1S/C25H26F2O3/c1-4-15-13-16(17-8-10-19(26)20(27)14-17)7-9-18(15)21-22(28)24(2,3)30-25(23(21)29)11-5-6-12-25/h7-10,13-14,21H,4-6,11-12H2,1-3H3. The predicted octanol–water partition coefficient (Wildman–Crippen LogP) is 5.54. The molecular weight excluding hydrogens is 386 g/mol. The maximum atomic E-state index is 13.7. The van der Waals surface area contributed by atoms with E-state index < -0.39 is 28.8 Å². The maximum Gasteiger partial charge on any atom is 0.179 e. The fourth-order valence-corrected chi connectivity index (χ4v) is 4.94. The monoisotopic (exact) mass is 412 g/mol. The number of carbonyl (C=O) groups excluding carboxylic acids is 2. The highest BCUT2D eigenvalue weighted by molar-refractivity contribution is 6.15. The van der Waals surface area contributed by atoms with E-state index in [1.165, 1.54) is 6.07 Å². The number of aryl methyl sites for hydroxylation is 1. The van der Waals surface area contributed by atoms with Crippen LogP contribution in [0.15, 0.2) is 36.4 Å². The molecule has 1 spiro atoms. The Kier molecular flexibility index (Phi) is 5.13. The van der Waals surface area contributed by atoms with Crippen LogP contribution >= 0.6 is 0 Å². The first kappa shape index (κ1) is 20.9. The Morgan fingerprint density at radius 3 is 2.20 bits per heavy atom. The van der Waals surface area contributed by atoms with E-state index in [0.717, 1.165) is 36.1 Å². The van der Waals surface area contributed by atoms with Gasteiger partial charge in [-0.2, -0.15) is 0 Å². The Hall–Kier alpha value is -2.40. The number of ether oxygens (including phenoxy) is 1. The molecule has 4 rings (SSSR count). The SMILES string of the molecule is CCc1cc(-c2ccc(F)c(F)c2)ccc1C1C(=O)C(C)(C)OC2(CCCC2)C1=O. The average Bonchev–Trinajstić information content (AvgIpc) is 3.18. The predicted molar refractivity (Wildman–Crippen MR) is 110 cm³/mol. The Bertz CT molecular complexity index is 1020. The Balaban J connectivity index is 1.79. The summed E-state index contributed by atoms with van der Waals surface area (Å²) in [6.07, 6.45) is 3.73. The van der Waals surface area contributed by atoms with Gasteiger partial charge in [-0.15, -0.1) is 0 Å². The normalized spacial score (nSPS) is 22.6. The molecule has 1 saturated carbocycles. The van der Waals surface area contributed by atoms with Gasteiger partial charge in [0, 0.05) is 0 Å². The lowest BCUT2D eigenvalue weighted by Gasteiger charge is -2.44. The summed E-state index contributed by atoms with van der Waals surface area (Å²) in [5.41, 5.74) is 0.901. The fraction of sp³-hybridized carbons (Fsp3) is 0.440. The van der Waals surface area contributed by atoms with Gasteiger partial charge in [0.2, 0.25) is 0 Å². The number of benzene rings is 2.